The molecule has 0 aliphatic carbocycles. The molecule has 0 spiro atoms. The van der Waals surface area contributed by atoms with E-state index in [1.165, 1.54) is 13.0 Å². The highest BCUT2D eigenvalue weighted by atomic mass is 127. The molecule has 1 aliphatic heterocycles. The zero-order valence-corrected chi connectivity index (χ0v) is 16.1. The van der Waals surface area contributed by atoms with Gasteiger partial charge in [-0.3, -0.25) is 0 Å². The normalized spacial score (nSPS) is 20.6. The van der Waals surface area contributed by atoms with Crippen LogP contribution in [0.3, 0.4) is 0 Å². The molecule has 2 nitrogen and oxygen atoms in total. The number of benzene rings is 2. The van der Waals surface area contributed by atoms with E-state index in [1.54, 1.807) is 0 Å². The summed E-state index contributed by atoms with van der Waals surface area (Å²) in [6, 6.07) is 20.3. The van der Waals surface area contributed by atoms with Crippen molar-refractivity contribution >= 4 is 0 Å². The zero-order valence-electron chi connectivity index (χ0n) is 14.0. The van der Waals surface area contributed by atoms with Crippen molar-refractivity contribution in [2.75, 3.05) is 27.2 Å². The van der Waals surface area contributed by atoms with Crippen LogP contribution >= 0.6 is 0 Å². The summed E-state index contributed by atoms with van der Waals surface area (Å²) in [5.74, 6) is 0.237. The first-order chi connectivity index (χ1) is 10.5. The Hall–Kier alpha value is -0.910. The van der Waals surface area contributed by atoms with Crippen molar-refractivity contribution in [2.24, 2.45) is 5.92 Å². The molecule has 3 heteroatoms. The lowest BCUT2D eigenvalue weighted by atomic mass is 9.72. The lowest BCUT2D eigenvalue weighted by molar-refractivity contribution is -0.899. The standard InChI is InChI=1S/C20H26NO.HI/c1-21(2)15-9-14-19(16-21)20(22,17-10-5-3-6-11-17)18-12-7-4-8-13-18;/h3-8,10-13,19,22H,9,14-16H2,1-2H3;1H/q+1;/p-1. The monoisotopic (exact) mass is 423 g/mol. The molecule has 2 aromatic carbocycles. The number of aliphatic hydroxyl groups is 1. The van der Waals surface area contributed by atoms with Crippen molar-refractivity contribution in [3.8, 4) is 0 Å². The predicted octanol–water partition coefficient (Wildman–Crippen LogP) is 0.413. The molecule has 1 atom stereocenters. The minimum Gasteiger partial charge on any atom is -1.00 e. The van der Waals surface area contributed by atoms with E-state index in [9.17, 15) is 5.11 Å². The number of hydrogen-bond acceptors (Lipinski definition) is 1. The lowest BCUT2D eigenvalue weighted by Gasteiger charge is -2.45. The van der Waals surface area contributed by atoms with Crippen molar-refractivity contribution < 1.29 is 33.6 Å². The average Bonchev–Trinajstić information content (AvgIpc) is 2.55. The van der Waals surface area contributed by atoms with Gasteiger partial charge < -0.3 is 33.6 Å². The van der Waals surface area contributed by atoms with E-state index in [2.05, 4.69) is 38.4 Å². The topological polar surface area (TPSA) is 20.2 Å². The lowest BCUT2D eigenvalue weighted by Crippen LogP contribution is -3.00. The Kier molecular flexibility index (Phi) is 5.87. The van der Waals surface area contributed by atoms with Gasteiger partial charge in [0, 0.05) is 5.92 Å². The van der Waals surface area contributed by atoms with Crippen molar-refractivity contribution in [1.82, 2.24) is 0 Å². The first kappa shape index (κ1) is 18.4. The van der Waals surface area contributed by atoms with Crippen molar-refractivity contribution in [3.05, 3.63) is 71.8 Å². The fraction of sp³-hybridized carbons (Fsp3) is 0.400. The molecule has 0 amide bonds. The summed E-state index contributed by atoms with van der Waals surface area (Å²) in [6.07, 6.45) is 2.24. The van der Waals surface area contributed by atoms with Gasteiger partial charge in [0.25, 0.3) is 0 Å². The van der Waals surface area contributed by atoms with Gasteiger partial charge in [0.05, 0.1) is 27.2 Å². The van der Waals surface area contributed by atoms with E-state index in [-0.39, 0.29) is 29.9 Å². The molecule has 0 aromatic heterocycles. The Morgan fingerprint density at radius 1 is 0.913 bits per heavy atom. The van der Waals surface area contributed by atoms with Gasteiger partial charge in [-0.15, -0.1) is 0 Å². The highest BCUT2D eigenvalue weighted by molar-refractivity contribution is 5.37. The van der Waals surface area contributed by atoms with Crippen LogP contribution in [0.5, 0.6) is 0 Å². The second kappa shape index (κ2) is 7.32. The van der Waals surface area contributed by atoms with Crippen LogP contribution in [0.15, 0.2) is 60.7 Å². The molecule has 124 valence electrons. The van der Waals surface area contributed by atoms with E-state index >= 15 is 0 Å². The Labute approximate surface area is 156 Å². The van der Waals surface area contributed by atoms with Gasteiger partial charge in [-0.05, 0) is 24.0 Å². The summed E-state index contributed by atoms with van der Waals surface area (Å²) >= 11 is 0. The Balaban J connectivity index is 0.00000192. The molecule has 0 radical (unpaired) electrons. The maximum atomic E-state index is 11.8. The summed E-state index contributed by atoms with van der Waals surface area (Å²) in [5.41, 5.74) is 1.11. The van der Waals surface area contributed by atoms with Gasteiger partial charge >= 0.3 is 0 Å². The first-order valence-electron chi connectivity index (χ1n) is 8.18. The largest absolute Gasteiger partial charge is 1.00 e. The van der Waals surface area contributed by atoms with Gasteiger partial charge in [0.2, 0.25) is 0 Å². The molecule has 0 bridgehead atoms. The van der Waals surface area contributed by atoms with Crippen LogP contribution in [0.2, 0.25) is 0 Å². The fourth-order valence-corrected chi connectivity index (χ4v) is 3.91. The maximum absolute atomic E-state index is 11.8. The Bertz CT molecular complexity index is 573. The number of nitrogens with zero attached hydrogens (tertiary/aromatic N) is 1. The molecule has 1 N–H and O–H groups in total. The van der Waals surface area contributed by atoms with Crippen molar-refractivity contribution in [1.29, 1.82) is 0 Å². The van der Waals surface area contributed by atoms with E-state index in [0.29, 0.717) is 0 Å². The molecule has 3 rings (SSSR count). The molecule has 1 aliphatic rings. The summed E-state index contributed by atoms with van der Waals surface area (Å²) in [5, 5.41) is 11.8. The minimum absolute atomic E-state index is 0. The molecule has 1 unspecified atom stereocenters. The van der Waals surface area contributed by atoms with E-state index < -0.39 is 5.60 Å². The SMILES string of the molecule is C[N+]1(C)CCCC(C(O)(c2ccccc2)c2ccccc2)C1.[I-]. The number of halogens is 1. The van der Waals surface area contributed by atoms with Gasteiger partial charge in [0.15, 0.2) is 0 Å². The van der Waals surface area contributed by atoms with E-state index in [4.69, 9.17) is 0 Å². The highest BCUT2D eigenvalue weighted by Gasteiger charge is 2.45. The number of likely N-dealkylation sites (tertiary alicyclic amines) is 1. The van der Waals surface area contributed by atoms with Crippen LogP contribution in [-0.2, 0) is 5.60 Å². The Morgan fingerprint density at radius 3 is 1.83 bits per heavy atom. The summed E-state index contributed by atoms with van der Waals surface area (Å²) in [6.45, 7) is 2.19. The van der Waals surface area contributed by atoms with Gasteiger partial charge in [-0.2, -0.15) is 0 Å². The predicted molar refractivity (Wildman–Crippen MR) is 90.4 cm³/mol. The smallest absolute Gasteiger partial charge is 0.123 e. The third-order valence-electron chi connectivity index (χ3n) is 5.05. The molecular weight excluding hydrogens is 397 g/mol. The first-order valence-corrected chi connectivity index (χ1v) is 8.18. The summed E-state index contributed by atoms with van der Waals surface area (Å²) < 4.78 is 0.979. The van der Waals surface area contributed by atoms with Crippen LogP contribution < -0.4 is 24.0 Å². The number of rotatable bonds is 3. The van der Waals surface area contributed by atoms with Crippen molar-refractivity contribution in [2.45, 2.75) is 18.4 Å². The molecule has 2 aromatic rings. The van der Waals surface area contributed by atoms with Crippen LogP contribution in [0, 0.1) is 5.92 Å². The maximum Gasteiger partial charge on any atom is 0.123 e. The van der Waals surface area contributed by atoms with Gasteiger partial charge in [-0.1, -0.05) is 60.7 Å². The number of piperidine rings is 1. The quantitative estimate of drug-likeness (QED) is 0.561. The average molecular weight is 423 g/mol. The van der Waals surface area contributed by atoms with Crippen LogP contribution in [0.4, 0.5) is 0 Å². The third-order valence-corrected chi connectivity index (χ3v) is 5.05. The van der Waals surface area contributed by atoms with Gasteiger partial charge in [-0.25, -0.2) is 0 Å². The highest BCUT2D eigenvalue weighted by Crippen LogP contribution is 2.41. The number of quaternary nitrogens is 1. The fourth-order valence-electron chi connectivity index (χ4n) is 3.91. The second-order valence-corrected chi connectivity index (χ2v) is 7.18. The van der Waals surface area contributed by atoms with Crippen LogP contribution in [-0.4, -0.2) is 36.8 Å². The molecule has 23 heavy (non-hydrogen) atoms. The molecule has 0 saturated carbocycles. The van der Waals surface area contributed by atoms with E-state index in [0.717, 1.165) is 28.6 Å². The minimum atomic E-state index is -0.904. The summed E-state index contributed by atoms with van der Waals surface area (Å²) in [4.78, 5) is 0. The Morgan fingerprint density at radius 2 is 1.39 bits per heavy atom. The van der Waals surface area contributed by atoms with Crippen LogP contribution in [0.1, 0.15) is 24.0 Å². The molecule has 1 fully saturated rings. The van der Waals surface area contributed by atoms with Crippen molar-refractivity contribution in [3.63, 3.8) is 0 Å². The number of hydrogen-bond donors (Lipinski definition) is 1. The summed E-state index contributed by atoms with van der Waals surface area (Å²) in [7, 11) is 4.53. The zero-order chi connectivity index (χ0) is 15.6. The molecule has 1 heterocycles. The van der Waals surface area contributed by atoms with Gasteiger partial charge in [0.1, 0.15) is 5.60 Å². The van der Waals surface area contributed by atoms with E-state index in [1.807, 2.05) is 36.4 Å². The third kappa shape index (κ3) is 3.78. The molecule has 1 saturated heterocycles. The molecular formula is C20H26INO. The second-order valence-electron chi connectivity index (χ2n) is 7.18. The van der Waals surface area contributed by atoms with Crippen LogP contribution in [0.25, 0.3) is 0 Å².